The Hall–Kier alpha value is -3.79. The minimum atomic E-state index is -0.374. The molecule has 0 radical (unpaired) electrons. The van der Waals surface area contributed by atoms with Gasteiger partial charge < -0.3 is 30.7 Å². The Bertz CT molecular complexity index is 1420. The normalized spacial score (nSPS) is 15.1. The van der Waals surface area contributed by atoms with E-state index in [-0.39, 0.29) is 12.0 Å². The van der Waals surface area contributed by atoms with Crippen LogP contribution in [0.15, 0.2) is 48.8 Å². The summed E-state index contributed by atoms with van der Waals surface area (Å²) in [6, 6.07) is 12.4. The number of carbonyl (C=O) groups excluding carboxylic acids is 1. The maximum atomic E-state index is 13.0. The molecule has 0 amide bonds. The molecule has 39 heavy (non-hydrogen) atoms. The van der Waals surface area contributed by atoms with Gasteiger partial charge in [-0.1, -0.05) is 31.2 Å². The monoisotopic (exact) mass is 527 g/mol. The molecule has 2 aromatic heterocycles. The molecule has 0 bridgehead atoms. The van der Waals surface area contributed by atoms with E-state index in [9.17, 15) is 4.79 Å². The fourth-order valence-electron chi connectivity index (χ4n) is 5.15. The second kappa shape index (κ2) is 12.4. The zero-order valence-corrected chi connectivity index (χ0v) is 22.9. The first kappa shape index (κ1) is 26.8. The molecule has 1 saturated heterocycles. The van der Waals surface area contributed by atoms with Crippen LogP contribution in [0.1, 0.15) is 59.8 Å². The van der Waals surface area contributed by atoms with Gasteiger partial charge in [-0.05, 0) is 73.8 Å². The van der Waals surface area contributed by atoms with Crippen molar-refractivity contribution in [2.75, 3.05) is 27.2 Å². The van der Waals surface area contributed by atoms with Gasteiger partial charge in [0, 0.05) is 12.1 Å². The van der Waals surface area contributed by atoms with E-state index in [0.29, 0.717) is 18.7 Å². The molecule has 3 heterocycles. The van der Waals surface area contributed by atoms with Gasteiger partial charge in [0.1, 0.15) is 11.6 Å². The smallest absolute Gasteiger partial charge is 0.338 e. The van der Waals surface area contributed by atoms with Crippen molar-refractivity contribution in [1.82, 2.24) is 35.9 Å². The Labute approximate surface area is 229 Å². The van der Waals surface area contributed by atoms with Crippen molar-refractivity contribution in [3.05, 3.63) is 71.6 Å². The van der Waals surface area contributed by atoms with E-state index in [2.05, 4.69) is 61.0 Å². The summed E-state index contributed by atoms with van der Waals surface area (Å²) in [5, 5.41) is 10.1. The number of carbonyl (C=O) groups is 1. The molecule has 4 aromatic rings. The van der Waals surface area contributed by atoms with E-state index in [1.165, 1.54) is 7.11 Å². The van der Waals surface area contributed by atoms with Crippen LogP contribution in [0.4, 0.5) is 0 Å². The van der Waals surface area contributed by atoms with Crippen LogP contribution < -0.4 is 16.0 Å². The van der Waals surface area contributed by atoms with E-state index in [4.69, 9.17) is 4.74 Å². The quantitative estimate of drug-likeness (QED) is 0.143. The van der Waals surface area contributed by atoms with Crippen molar-refractivity contribution in [3.8, 4) is 33.6 Å². The lowest BCUT2D eigenvalue weighted by Crippen LogP contribution is -2.14. The summed E-state index contributed by atoms with van der Waals surface area (Å²) in [6.07, 6.45) is 7.00. The maximum absolute atomic E-state index is 13.0. The number of ether oxygens (including phenoxy) is 1. The number of benzene rings is 2. The van der Waals surface area contributed by atoms with Crippen LogP contribution in [0.2, 0.25) is 0 Å². The van der Waals surface area contributed by atoms with Crippen molar-refractivity contribution in [1.29, 1.82) is 0 Å². The molecule has 0 spiro atoms. The van der Waals surface area contributed by atoms with Crippen LogP contribution in [0, 0.1) is 0 Å². The van der Waals surface area contributed by atoms with Crippen LogP contribution in [0.3, 0.4) is 0 Å². The lowest BCUT2D eigenvalue weighted by Gasteiger charge is -2.15. The third-order valence-corrected chi connectivity index (χ3v) is 7.14. The molecule has 1 aliphatic heterocycles. The summed E-state index contributed by atoms with van der Waals surface area (Å²) in [5.74, 6) is 1.47. The van der Waals surface area contributed by atoms with Crippen molar-refractivity contribution >= 4 is 5.97 Å². The Morgan fingerprint density at radius 3 is 2.54 bits per heavy atom. The van der Waals surface area contributed by atoms with Crippen LogP contribution >= 0.6 is 0 Å². The van der Waals surface area contributed by atoms with Crippen molar-refractivity contribution in [3.63, 3.8) is 0 Å². The average Bonchev–Trinajstić information content (AvgIpc) is 3.75. The predicted molar refractivity (Wildman–Crippen MR) is 153 cm³/mol. The Kier molecular flexibility index (Phi) is 8.51. The van der Waals surface area contributed by atoms with Gasteiger partial charge in [0.2, 0.25) is 0 Å². The van der Waals surface area contributed by atoms with Gasteiger partial charge in [0.15, 0.2) is 0 Å². The molecule has 5 rings (SSSR count). The van der Waals surface area contributed by atoms with Gasteiger partial charge >= 0.3 is 5.97 Å². The first-order valence-electron chi connectivity index (χ1n) is 13.6. The summed E-state index contributed by atoms with van der Waals surface area (Å²) in [5.41, 5.74) is 7.17. The van der Waals surface area contributed by atoms with Gasteiger partial charge in [-0.25, -0.2) is 14.8 Å². The maximum Gasteiger partial charge on any atom is 0.338 e. The molecule has 9 nitrogen and oxygen atoms in total. The molecular weight excluding hydrogens is 490 g/mol. The summed E-state index contributed by atoms with van der Waals surface area (Å²) >= 11 is 0. The fourth-order valence-corrected chi connectivity index (χ4v) is 5.15. The number of hydrogen-bond donors (Lipinski definition) is 5. The van der Waals surface area contributed by atoms with Crippen LogP contribution in [0.5, 0.6) is 0 Å². The first-order valence-corrected chi connectivity index (χ1v) is 13.6. The average molecular weight is 528 g/mol. The van der Waals surface area contributed by atoms with Gasteiger partial charge in [0.05, 0.1) is 49.0 Å². The van der Waals surface area contributed by atoms with E-state index < -0.39 is 0 Å². The van der Waals surface area contributed by atoms with Crippen molar-refractivity contribution < 1.29 is 9.53 Å². The minimum Gasteiger partial charge on any atom is -0.465 e. The van der Waals surface area contributed by atoms with Crippen molar-refractivity contribution in [2.45, 2.75) is 45.3 Å². The van der Waals surface area contributed by atoms with E-state index in [1.807, 2.05) is 37.6 Å². The lowest BCUT2D eigenvalue weighted by atomic mass is 9.91. The van der Waals surface area contributed by atoms with Crippen LogP contribution in [-0.4, -0.2) is 53.2 Å². The SMILES string of the molecule is CCCNCc1ncc(-c2ccc(-c3ccc(-c4cnc([C@@H]5CCCN5)[nH]4)cc3C(=O)OC)c(CNC)c2)[nH]1. The molecule has 2 aromatic carbocycles. The van der Waals surface area contributed by atoms with Crippen LogP contribution in [0.25, 0.3) is 33.6 Å². The van der Waals surface area contributed by atoms with E-state index in [1.54, 1.807) is 0 Å². The Balaban J connectivity index is 1.48. The first-order chi connectivity index (χ1) is 19.1. The van der Waals surface area contributed by atoms with E-state index >= 15 is 0 Å². The molecule has 204 valence electrons. The lowest BCUT2D eigenvalue weighted by molar-refractivity contribution is 0.0601. The molecule has 0 unspecified atom stereocenters. The Morgan fingerprint density at radius 2 is 1.79 bits per heavy atom. The number of rotatable bonds is 11. The second-order valence-corrected chi connectivity index (χ2v) is 9.91. The number of H-pyrrole nitrogens is 2. The number of aromatic nitrogens is 4. The molecule has 1 fully saturated rings. The largest absolute Gasteiger partial charge is 0.465 e. The van der Waals surface area contributed by atoms with Crippen molar-refractivity contribution in [2.24, 2.45) is 0 Å². The molecule has 0 aliphatic carbocycles. The predicted octanol–water partition coefficient (Wildman–Crippen LogP) is 4.56. The number of methoxy groups -OCH3 is 1. The number of esters is 1. The summed E-state index contributed by atoms with van der Waals surface area (Å²) in [6.45, 7) is 5.46. The van der Waals surface area contributed by atoms with Gasteiger partial charge in [-0.15, -0.1) is 0 Å². The molecule has 1 aliphatic rings. The van der Waals surface area contributed by atoms with Gasteiger partial charge in [-0.2, -0.15) is 0 Å². The number of aromatic amines is 2. The molecule has 9 heteroatoms. The fraction of sp³-hybridized carbons (Fsp3) is 0.367. The highest BCUT2D eigenvalue weighted by Gasteiger charge is 2.21. The van der Waals surface area contributed by atoms with Crippen LogP contribution in [-0.2, 0) is 17.8 Å². The third kappa shape index (κ3) is 5.95. The topological polar surface area (TPSA) is 120 Å². The van der Waals surface area contributed by atoms with Gasteiger partial charge in [-0.3, -0.25) is 0 Å². The zero-order valence-electron chi connectivity index (χ0n) is 22.9. The summed E-state index contributed by atoms with van der Waals surface area (Å²) in [4.78, 5) is 29.0. The minimum absolute atomic E-state index is 0.249. The highest BCUT2D eigenvalue weighted by Crippen LogP contribution is 2.34. The standard InChI is InChI=1S/C30H37N7O2/c1-4-11-32-18-28-34-16-26(36-28)19-7-9-22(21(13-19)15-31-2)23-10-8-20(14-24(23)30(38)39-3)27-17-35-29(37-27)25-6-5-12-33-25/h7-10,13-14,16-17,25,31-33H,4-6,11-12,15,18H2,1-3H3,(H,34,36)(H,35,37)/t25-/m0/s1. The number of hydrogen-bond acceptors (Lipinski definition) is 7. The number of nitrogens with zero attached hydrogens (tertiary/aromatic N) is 2. The zero-order chi connectivity index (χ0) is 27.2. The van der Waals surface area contributed by atoms with E-state index in [0.717, 1.165) is 83.2 Å². The number of imidazole rings is 2. The Morgan fingerprint density at radius 1 is 1.03 bits per heavy atom. The van der Waals surface area contributed by atoms with Gasteiger partial charge in [0.25, 0.3) is 0 Å². The summed E-state index contributed by atoms with van der Waals surface area (Å²) < 4.78 is 5.20. The molecule has 0 saturated carbocycles. The molecule has 5 N–H and O–H groups in total. The number of nitrogens with one attached hydrogen (secondary N) is 5. The highest BCUT2D eigenvalue weighted by atomic mass is 16.5. The molecule has 1 atom stereocenters. The highest BCUT2D eigenvalue weighted by molar-refractivity contribution is 5.99. The molecular formula is C30H37N7O2. The second-order valence-electron chi connectivity index (χ2n) is 9.91. The third-order valence-electron chi connectivity index (χ3n) is 7.14. The summed E-state index contributed by atoms with van der Waals surface area (Å²) in [7, 11) is 3.34.